The van der Waals surface area contributed by atoms with E-state index in [1.54, 1.807) is 6.92 Å². The number of aliphatic hydroxyl groups is 2. The van der Waals surface area contributed by atoms with E-state index in [-0.39, 0.29) is 24.0 Å². The summed E-state index contributed by atoms with van der Waals surface area (Å²) >= 11 is 0. The summed E-state index contributed by atoms with van der Waals surface area (Å²) in [6.45, 7) is 43.8. The van der Waals surface area contributed by atoms with Gasteiger partial charge in [0.1, 0.15) is 62.8 Å². The number of Topliss-reactive ketones (excluding diaryl/α,β-unsaturated/α-hetero) is 3. The maximum absolute atomic E-state index is 12.4. The Morgan fingerprint density at radius 1 is 0.441 bits per heavy atom. The van der Waals surface area contributed by atoms with Crippen LogP contribution in [0.2, 0.25) is 0 Å². The predicted octanol–water partition coefficient (Wildman–Crippen LogP) is 16.9. The average Bonchev–Trinajstić information content (AvgIpc) is 1.70. The van der Waals surface area contributed by atoms with Gasteiger partial charge in [0.2, 0.25) is 0 Å². The Morgan fingerprint density at radius 3 is 1.29 bits per heavy atom. The van der Waals surface area contributed by atoms with Gasteiger partial charge < -0.3 is 64.6 Å². The third-order valence-electron chi connectivity index (χ3n) is 30.7. The molecule has 136 heavy (non-hydrogen) atoms. The number of fused-ring (bicyclic) bond motifs is 1. The number of likely N-dealkylation sites (N-methyl/N-ethyl adjacent to an activating group) is 2. The number of rotatable bonds is 25. The molecule has 0 saturated carbocycles. The lowest BCUT2D eigenvalue weighted by atomic mass is 10.0. The van der Waals surface area contributed by atoms with E-state index in [2.05, 4.69) is 216 Å². The fourth-order valence-electron chi connectivity index (χ4n) is 22.4. The lowest BCUT2D eigenvalue weighted by Crippen LogP contribution is -2.47. The number of aliphatic hydroxyl groups excluding tert-OH is 2. The molecule has 11 saturated heterocycles. The maximum Gasteiger partial charge on any atom is 0.306 e. The second-order valence-corrected chi connectivity index (χ2v) is 46.8. The normalized spacial score (nSPS) is 24.2. The highest BCUT2D eigenvalue weighted by atomic mass is 16.6. The third-order valence-corrected chi connectivity index (χ3v) is 30.7. The van der Waals surface area contributed by atoms with Gasteiger partial charge in [0.25, 0.3) is 0 Å². The largest absolute Gasteiger partial charge is 0.460 e. The molecular weight excluding hydrogens is 1690 g/mol. The Kier molecular flexibility index (Phi) is 49.1. The van der Waals surface area contributed by atoms with Gasteiger partial charge in [-0.2, -0.15) is 15.8 Å². The van der Waals surface area contributed by atoms with Crippen LogP contribution in [-0.4, -0.2) is 369 Å². The minimum absolute atomic E-state index is 0.0549. The first-order valence-corrected chi connectivity index (χ1v) is 52.9. The summed E-state index contributed by atoms with van der Waals surface area (Å²) in [5.74, 6) is 8.73. The molecule has 6 unspecified atom stereocenters. The molecule has 0 bridgehead atoms. The summed E-state index contributed by atoms with van der Waals surface area (Å²) < 4.78 is 16.2. The standard InChI is InChI=1S/C18H28NO2.C18H22NO.C15H22NO.C13H23N2.C12H16NO.C9H17N2.C8H15N2.C8H18NO2.C7H13N2.C7H16N/c1-18(2,3)21-17(20)12-16-10-11-19(4,14-16)13-15-8-6-5-7-9-15;1-19(11-4-5-12-19)13-10-18(20)17-9-8-15-6-2-3-7-16(15)14-17;1-13(17)10-15-8-9-16(2,12-15)11-14-6-4-3-5-7-14;1-15(12-6-7-13-15)11-5-4-10-14-8-2-3-9-14;1-13(8-7-12(14)10-13)9-11-5-3-2-4-6-11;1-11(7-3-2-6-10)8-4-5-9-11;1-10(8-4-5-9)6-2-3-7-10;1-9(4-2-3-5-9)6-8(11)7-10;1-9(7-4-8)5-2-3-6-9;1-8(2)6-4-3-5-7-8/h5-9,16H,10-14H2,1-4H3;2-3,6-9,14H,4-5,10-13H2,1H3;3-7,15H,8-12H2,1-2H3;2-3,6-13H2,1H3;2-6H,7-10H2,1H3;2-5,7-9H2,1H3;2-4,6-8H2,1H3;8,10-11H,2-7H2,1H3;2-3,5-7H2,1H3;3-7H2,1-2H3/q10*+1. The lowest BCUT2D eigenvalue weighted by Gasteiger charge is -2.33. The summed E-state index contributed by atoms with van der Waals surface area (Å²) in [5, 5.41) is 45.4. The molecular formula is C115H190N14O7+10. The molecule has 16 rings (SSSR count). The summed E-state index contributed by atoms with van der Waals surface area (Å²) in [4.78, 5) is 49.2. The summed E-state index contributed by atoms with van der Waals surface area (Å²) in [6.07, 6.45) is 30.1. The summed E-state index contributed by atoms with van der Waals surface area (Å²) in [5.41, 5.74) is 4.58. The van der Waals surface area contributed by atoms with Crippen molar-refractivity contribution >= 4 is 34.1 Å². The van der Waals surface area contributed by atoms with E-state index in [0.717, 1.165) is 166 Å². The van der Waals surface area contributed by atoms with E-state index in [1.165, 1.54) is 256 Å². The highest BCUT2D eigenvalue weighted by molar-refractivity contribution is 6.00. The van der Waals surface area contributed by atoms with Crippen LogP contribution in [0.25, 0.3) is 10.8 Å². The third kappa shape index (κ3) is 45.7. The first-order valence-electron chi connectivity index (χ1n) is 52.9. The Bertz CT molecular complexity index is 4480. The van der Waals surface area contributed by atoms with Crippen LogP contribution in [0.1, 0.15) is 222 Å². The van der Waals surface area contributed by atoms with Gasteiger partial charge in [0, 0.05) is 143 Å². The molecule has 11 aliphatic rings. The quantitative estimate of drug-likeness (QED) is 0.0141. The van der Waals surface area contributed by atoms with Gasteiger partial charge >= 0.3 is 5.97 Å². The number of hydrogen-bond acceptors (Lipinski definition) is 11. The minimum atomic E-state index is -0.530. The number of likely N-dealkylation sites (tertiary alicyclic amines) is 11. The number of nitriles is 3. The van der Waals surface area contributed by atoms with Gasteiger partial charge in [-0.25, -0.2) is 0 Å². The number of ketones is 3. The van der Waals surface area contributed by atoms with Crippen LogP contribution in [0.5, 0.6) is 0 Å². The predicted molar refractivity (Wildman–Crippen MR) is 556 cm³/mol. The van der Waals surface area contributed by atoms with Crippen LogP contribution in [0.15, 0.2) is 133 Å². The van der Waals surface area contributed by atoms with Gasteiger partial charge in [-0.15, -0.1) is 0 Å². The van der Waals surface area contributed by atoms with Gasteiger partial charge in [0.05, 0.1) is 272 Å². The molecule has 11 fully saturated rings. The van der Waals surface area contributed by atoms with Crippen LogP contribution < -0.4 is 0 Å². The van der Waals surface area contributed by atoms with Crippen LogP contribution >= 0.6 is 0 Å². The Hall–Kier alpha value is -7.65. The van der Waals surface area contributed by atoms with E-state index in [4.69, 9.17) is 25.6 Å². The van der Waals surface area contributed by atoms with Crippen LogP contribution in [0.4, 0.5) is 0 Å². The molecule has 0 spiro atoms. The van der Waals surface area contributed by atoms with Crippen molar-refractivity contribution in [2.24, 2.45) is 11.8 Å². The second kappa shape index (κ2) is 57.9. The first kappa shape index (κ1) is 115. The average molecular weight is 1880 g/mol. The number of hydrogen-bond donors (Lipinski definition) is 2. The summed E-state index contributed by atoms with van der Waals surface area (Å²) in [7, 11) is 24.9. The van der Waals surface area contributed by atoms with E-state index in [9.17, 15) is 24.3 Å². The van der Waals surface area contributed by atoms with Gasteiger partial charge in [-0.05, 0) is 95.6 Å². The zero-order valence-electron chi connectivity index (χ0n) is 88.3. The smallest absolute Gasteiger partial charge is 0.306 e. The van der Waals surface area contributed by atoms with Gasteiger partial charge in [0.15, 0.2) is 18.1 Å². The Labute approximate surface area is 826 Å². The monoisotopic (exact) mass is 1880 g/mol. The first-order chi connectivity index (χ1) is 64.6. The maximum atomic E-state index is 12.4. The fourth-order valence-corrected chi connectivity index (χ4v) is 22.4. The van der Waals surface area contributed by atoms with E-state index >= 15 is 0 Å². The van der Waals surface area contributed by atoms with Gasteiger partial charge in [-0.1, -0.05) is 133 Å². The Morgan fingerprint density at radius 2 is 0.860 bits per heavy atom. The van der Waals surface area contributed by atoms with E-state index < -0.39 is 6.10 Å². The number of unbranched alkanes of at least 4 members (excludes halogenated alkanes) is 1. The molecule has 0 amide bonds. The van der Waals surface area contributed by atoms with Crippen LogP contribution in [0.3, 0.4) is 0 Å². The van der Waals surface area contributed by atoms with Gasteiger partial charge in [-0.3, -0.25) is 19.3 Å². The highest BCUT2D eigenvalue weighted by Gasteiger charge is 2.40. The molecule has 11 aliphatic heterocycles. The molecule has 6 atom stereocenters. The Balaban J connectivity index is 0.000000209. The van der Waals surface area contributed by atoms with Crippen LogP contribution in [-0.2, 0) is 38.8 Å². The number of benzene rings is 5. The van der Waals surface area contributed by atoms with Crippen molar-refractivity contribution < 1.29 is 79.0 Å². The molecule has 752 valence electrons. The van der Waals surface area contributed by atoms with E-state index in [0.29, 0.717) is 55.9 Å². The number of piperidine rings is 1. The second-order valence-electron chi connectivity index (χ2n) is 46.8. The zero-order chi connectivity index (χ0) is 99.1. The number of esters is 1. The molecule has 21 heteroatoms. The van der Waals surface area contributed by atoms with Crippen molar-refractivity contribution in [1.82, 2.24) is 4.90 Å². The molecule has 21 nitrogen and oxygen atoms in total. The van der Waals surface area contributed by atoms with Crippen molar-refractivity contribution in [3.05, 3.63) is 156 Å². The van der Waals surface area contributed by atoms with Crippen molar-refractivity contribution in [3.8, 4) is 30.0 Å². The number of carbonyl (C=O) groups is 4. The number of nitrogens with zero attached hydrogens (tertiary/aromatic N) is 14. The fraction of sp³-hybridized carbons (Fsp3) is 0.678. The molecule has 5 aromatic rings. The zero-order valence-corrected chi connectivity index (χ0v) is 88.3. The number of ether oxygens (including phenoxy) is 1. The molecule has 0 aliphatic carbocycles. The summed E-state index contributed by atoms with van der Waals surface area (Å²) in [6, 6.07) is 52.5. The van der Waals surface area contributed by atoms with Crippen LogP contribution in [0, 0.1) is 57.7 Å². The SMILES string of the molecule is CC(=O)CC1CC[N+](C)(Cc2ccccc2)C1.CC(C)(C)OC(=O)CC1CC[N+](C)(Cc2ccccc2)C1.C[N+]1(C)CCCCC1.C[N+]1(CC#CCN2CCCC2)CCCC1.C[N+]1(CC#N)CCCC1.C[N+]1(CC(O)CO)CCCC1.C[N+]1(CCC#N)CCCC1.C[N+]1(CCC(=O)c2ccc3ccccc3c2)CCCC1.C[N+]1(CCCC#N)CCCC1.C[N+]1(Cc2ccccc2)CCC(=O)C1. The number of quaternary nitrogens is 10. The molecule has 0 aromatic heterocycles. The molecule has 0 radical (unpaired) electrons. The van der Waals surface area contributed by atoms with Crippen molar-refractivity contribution in [2.75, 3.05) is 274 Å². The van der Waals surface area contributed by atoms with Crippen molar-refractivity contribution in [1.29, 1.82) is 15.8 Å². The van der Waals surface area contributed by atoms with Crippen molar-refractivity contribution in [3.63, 3.8) is 0 Å². The highest BCUT2D eigenvalue weighted by Crippen LogP contribution is 2.32. The topological polar surface area (TPSA) is 193 Å². The van der Waals surface area contributed by atoms with Crippen molar-refractivity contribution in [2.45, 2.75) is 226 Å². The lowest BCUT2D eigenvalue weighted by molar-refractivity contribution is -0.912. The minimum Gasteiger partial charge on any atom is -0.460 e. The molecule has 11 heterocycles. The number of carbonyl (C=O) groups excluding carboxylic acids is 4. The van der Waals surface area contributed by atoms with E-state index in [1.807, 2.05) is 51.1 Å². The molecule has 5 aromatic carbocycles. The molecule has 2 N–H and O–H groups in total.